The SMILES string of the molecule is CCN(CC)c1ccccc1/N=N/c1ccccc1. The fourth-order valence-corrected chi connectivity index (χ4v) is 1.99. The molecular weight excluding hydrogens is 234 g/mol. The molecule has 19 heavy (non-hydrogen) atoms. The molecule has 0 N–H and O–H groups in total. The Morgan fingerprint density at radius 1 is 0.789 bits per heavy atom. The van der Waals surface area contributed by atoms with Crippen LogP contribution in [-0.4, -0.2) is 13.1 Å². The van der Waals surface area contributed by atoms with Crippen LogP contribution in [0, 0.1) is 0 Å². The quantitative estimate of drug-likeness (QED) is 0.693. The van der Waals surface area contributed by atoms with Gasteiger partial charge in [-0.15, -0.1) is 5.11 Å². The lowest BCUT2D eigenvalue weighted by Crippen LogP contribution is -2.21. The minimum Gasteiger partial charge on any atom is -0.370 e. The average molecular weight is 253 g/mol. The van der Waals surface area contributed by atoms with E-state index in [2.05, 4.69) is 35.0 Å². The summed E-state index contributed by atoms with van der Waals surface area (Å²) < 4.78 is 0. The molecule has 0 radical (unpaired) electrons. The fraction of sp³-hybridized carbons (Fsp3) is 0.250. The van der Waals surface area contributed by atoms with Gasteiger partial charge in [0.2, 0.25) is 0 Å². The molecule has 3 heteroatoms. The number of anilines is 1. The molecule has 98 valence electrons. The molecule has 0 heterocycles. The Kier molecular flexibility index (Phi) is 4.67. The second-order valence-corrected chi connectivity index (χ2v) is 4.20. The zero-order valence-electron chi connectivity index (χ0n) is 11.5. The van der Waals surface area contributed by atoms with Gasteiger partial charge in [-0.1, -0.05) is 30.3 Å². The first-order valence-corrected chi connectivity index (χ1v) is 6.66. The van der Waals surface area contributed by atoms with Gasteiger partial charge in [-0.05, 0) is 38.1 Å². The topological polar surface area (TPSA) is 28.0 Å². The second kappa shape index (κ2) is 6.69. The minimum atomic E-state index is 0.872. The van der Waals surface area contributed by atoms with Gasteiger partial charge in [-0.3, -0.25) is 0 Å². The van der Waals surface area contributed by atoms with Crippen LogP contribution in [-0.2, 0) is 0 Å². The molecular formula is C16H19N3. The molecule has 0 saturated heterocycles. The van der Waals surface area contributed by atoms with Gasteiger partial charge in [-0.25, -0.2) is 0 Å². The van der Waals surface area contributed by atoms with E-state index >= 15 is 0 Å². The van der Waals surface area contributed by atoms with Gasteiger partial charge in [0.05, 0.1) is 11.4 Å². The summed E-state index contributed by atoms with van der Waals surface area (Å²) in [4.78, 5) is 2.28. The predicted octanol–water partition coefficient (Wildman–Crippen LogP) is 4.95. The summed E-state index contributed by atoms with van der Waals surface area (Å²) in [6, 6.07) is 17.9. The van der Waals surface area contributed by atoms with Crippen molar-refractivity contribution in [2.75, 3.05) is 18.0 Å². The van der Waals surface area contributed by atoms with Crippen molar-refractivity contribution < 1.29 is 0 Å². The molecule has 2 aromatic rings. The average Bonchev–Trinajstić information content (AvgIpc) is 2.48. The molecule has 0 saturated carbocycles. The Labute approximate surface area is 114 Å². The number of hydrogen-bond donors (Lipinski definition) is 0. The third kappa shape index (κ3) is 3.41. The number of azo groups is 1. The molecule has 0 aliphatic heterocycles. The first kappa shape index (κ1) is 13.3. The maximum absolute atomic E-state index is 4.38. The van der Waals surface area contributed by atoms with E-state index in [0.717, 1.165) is 30.2 Å². The number of benzene rings is 2. The maximum atomic E-state index is 4.38. The van der Waals surface area contributed by atoms with Crippen molar-refractivity contribution in [3.63, 3.8) is 0 Å². The van der Waals surface area contributed by atoms with Crippen molar-refractivity contribution in [1.29, 1.82) is 0 Å². The molecule has 0 bridgehead atoms. The van der Waals surface area contributed by atoms with Crippen molar-refractivity contribution in [3.05, 3.63) is 54.6 Å². The van der Waals surface area contributed by atoms with Crippen LogP contribution in [0.5, 0.6) is 0 Å². The molecule has 2 rings (SSSR count). The van der Waals surface area contributed by atoms with E-state index in [9.17, 15) is 0 Å². The van der Waals surface area contributed by atoms with Crippen LogP contribution in [0.2, 0.25) is 0 Å². The van der Waals surface area contributed by atoms with Crippen molar-refractivity contribution in [2.45, 2.75) is 13.8 Å². The Morgan fingerprint density at radius 3 is 2.11 bits per heavy atom. The second-order valence-electron chi connectivity index (χ2n) is 4.20. The van der Waals surface area contributed by atoms with Gasteiger partial charge in [-0.2, -0.15) is 5.11 Å². The Bertz CT molecular complexity index is 531. The van der Waals surface area contributed by atoms with Crippen LogP contribution in [0.4, 0.5) is 17.1 Å². The van der Waals surface area contributed by atoms with Gasteiger partial charge in [0.25, 0.3) is 0 Å². The minimum absolute atomic E-state index is 0.872. The van der Waals surface area contributed by atoms with E-state index in [4.69, 9.17) is 0 Å². The van der Waals surface area contributed by atoms with Gasteiger partial charge in [0.1, 0.15) is 5.69 Å². The van der Waals surface area contributed by atoms with Gasteiger partial charge in [0, 0.05) is 13.1 Å². The third-order valence-electron chi connectivity index (χ3n) is 3.02. The first-order valence-electron chi connectivity index (χ1n) is 6.66. The van der Waals surface area contributed by atoms with E-state index in [1.54, 1.807) is 0 Å². The van der Waals surface area contributed by atoms with E-state index < -0.39 is 0 Å². The molecule has 0 aliphatic carbocycles. The number of para-hydroxylation sites is 1. The number of rotatable bonds is 5. The molecule has 2 aromatic carbocycles. The largest absolute Gasteiger partial charge is 0.370 e. The Morgan fingerprint density at radius 2 is 1.42 bits per heavy atom. The van der Waals surface area contributed by atoms with E-state index in [1.807, 2.05) is 48.5 Å². The molecule has 3 nitrogen and oxygen atoms in total. The summed E-state index contributed by atoms with van der Waals surface area (Å²) >= 11 is 0. The van der Waals surface area contributed by atoms with Crippen LogP contribution in [0.3, 0.4) is 0 Å². The van der Waals surface area contributed by atoms with Crippen LogP contribution >= 0.6 is 0 Å². The highest BCUT2D eigenvalue weighted by Gasteiger charge is 2.06. The summed E-state index contributed by atoms with van der Waals surface area (Å²) in [6.07, 6.45) is 0. The lowest BCUT2D eigenvalue weighted by atomic mass is 10.2. The van der Waals surface area contributed by atoms with Crippen molar-refractivity contribution in [3.8, 4) is 0 Å². The highest BCUT2D eigenvalue weighted by atomic mass is 15.2. The number of nitrogens with zero attached hydrogens (tertiary/aromatic N) is 3. The van der Waals surface area contributed by atoms with Crippen molar-refractivity contribution in [1.82, 2.24) is 0 Å². The highest BCUT2D eigenvalue weighted by molar-refractivity contribution is 5.66. The van der Waals surface area contributed by atoms with E-state index in [0.29, 0.717) is 0 Å². The molecule has 0 aromatic heterocycles. The summed E-state index contributed by atoms with van der Waals surface area (Å²) in [5.74, 6) is 0. The Hall–Kier alpha value is -2.16. The molecule has 0 unspecified atom stereocenters. The lowest BCUT2D eigenvalue weighted by molar-refractivity contribution is 0.865. The van der Waals surface area contributed by atoms with Crippen LogP contribution in [0.1, 0.15) is 13.8 Å². The molecule has 0 aliphatic rings. The lowest BCUT2D eigenvalue weighted by Gasteiger charge is -2.22. The van der Waals surface area contributed by atoms with E-state index in [1.165, 1.54) is 0 Å². The van der Waals surface area contributed by atoms with E-state index in [-0.39, 0.29) is 0 Å². The fourth-order valence-electron chi connectivity index (χ4n) is 1.99. The van der Waals surface area contributed by atoms with Crippen molar-refractivity contribution in [2.24, 2.45) is 10.2 Å². The summed E-state index contributed by atoms with van der Waals surface area (Å²) in [5, 5.41) is 8.66. The van der Waals surface area contributed by atoms with Crippen LogP contribution < -0.4 is 4.90 Å². The zero-order valence-corrected chi connectivity index (χ0v) is 11.5. The smallest absolute Gasteiger partial charge is 0.109 e. The summed E-state index contributed by atoms with van der Waals surface area (Å²) in [7, 11) is 0. The summed E-state index contributed by atoms with van der Waals surface area (Å²) in [5.41, 5.74) is 2.92. The molecule has 0 spiro atoms. The van der Waals surface area contributed by atoms with Crippen LogP contribution in [0.25, 0.3) is 0 Å². The van der Waals surface area contributed by atoms with Gasteiger partial charge >= 0.3 is 0 Å². The third-order valence-corrected chi connectivity index (χ3v) is 3.02. The highest BCUT2D eigenvalue weighted by Crippen LogP contribution is 2.29. The standard InChI is InChI=1S/C16H19N3/c1-3-19(4-2)16-13-9-8-12-15(16)18-17-14-10-6-5-7-11-14/h5-13H,3-4H2,1-2H3/b18-17+. The molecule has 0 atom stereocenters. The number of hydrogen-bond acceptors (Lipinski definition) is 3. The monoisotopic (exact) mass is 253 g/mol. The normalized spacial score (nSPS) is 10.8. The molecule has 0 fully saturated rings. The Balaban J connectivity index is 2.28. The summed E-state index contributed by atoms with van der Waals surface area (Å²) in [6.45, 7) is 6.23. The zero-order chi connectivity index (χ0) is 13.5. The first-order chi connectivity index (χ1) is 9.35. The van der Waals surface area contributed by atoms with Gasteiger partial charge < -0.3 is 4.90 Å². The van der Waals surface area contributed by atoms with Crippen molar-refractivity contribution >= 4 is 17.1 Å². The van der Waals surface area contributed by atoms with Gasteiger partial charge in [0.15, 0.2) is 0 Å². The maximum Gasteiger partial charge on any atom is 0.109 e. The molecule has 0 amide bonds. The van der Waals surface area contributed by atoms with Crippen LogP contribution in [0.15, 0.2) is 64.8 Å². The predicted molar refractivity (Wildman–Crippen MR) is 80.6 cm³/mol.